The van der Waals surface area contributed by atoms with Crippen LogP contribution in [0.5, 0.6) is 0 Å². The second-order valence-electron chi connectivity index (χ2n) is 4.10. The zero-order chi connectivity index (χ0) is 12.9. The third-order valence-corrected chi connectivity index (χ3v) is 2.89. The fourth-order valence-electron chi connectivity index (χ4n) is 1.64. The van der Waals surface area contributed by atoms with E-state index >= 15 is 0 Å². The highest BCUT2D eigenvalue weighted by atomic mass is 16.4. The molecule has 2 unspecified atom stereocenters. The molecule has 0 saturated heterocycles. The van der Waals surface area contributed by atoms with Crippen molar-refractivity contribution in [3.8, 4) is 0 Å². The smallest absolute Gasteiger partial charge is 0.328 e. The van der Waals surface area contributed by atoms with Gasteiger partial charge in [-0.25, -0.2) is 4.79 Å². The van der Waals surface area contributed by atoms with Crippen molar-refractivity contribution in [1.82, 2.24) is 10.3 Å². The first-order valence-electron chi connectivity index (χ1n) is 5.57. The summed E-state index contributed by atoms with van der Waals surface area (Å²) in [5.41, 5.74) is -0.598. The molecule has 3 N–H and O–H groups in total. The van der Waals surface area contributed by atoms with E-state index in [9.17, 15) is 9.90 Å². The molecular formula is C12H18N2O3. The van der Waals surface area contributed by atoms with E-state index in [1.807, 2.05) is 6.92 Å². The molecule has 2 atom stereocenters. The van der Waals surface area contributed by atoms with Crippen LogP contribution in [0.15, 0.2) is 24.5 Å². The van der Waals surface area contributed by atoms with E-state index in [-0.39, 0.29) is 12.6 Å². The lowest BCUT2D eigenvalue weighted by Crippen LogP contribution is -2.52. The molecule has 0 aliphatic rings. The summed E-state index contributed by atoms with van der Waals surface area (Å²) in [5, 5.41) is 21.5. The van der Waals surface area contributed by atoms with Crippen LogP contribution in [0.1, 0.15) is 25.8 Å². The average Bonchev–Trinajstić information content (AvgIpc) is 2.36. The predicted octanol–water partition coefficient (Wildman–Crippen LogP) is 0.742. The molecule has 0 aliphatic heterocycles. The highest BCUT2D eigenvalue weighted by Crippen LogP contribution is 2.21. The highest BCUT2D eigenvalue weighted by Gasteiger charge is 2.36. The fourth-order valence-corrected chi connectivity index (χ4v) is 1.64. The third-order valence-electron chi connectivity index (χ3n) is 2.89. The van der Waals surface area contributed by atoms with E-state index in [1.165, 1.54) is 0 Å². The monoisotopic (exact) mass is 238 g/mol. The molecule has 1 aromatic heterocycles. The van der Waals surface area contributed by atoms with Crippen molar-refractivity contribution < 1.29 is 15.0 Å². The van der Waals surface area contributed by atoms with Crippen molar-refractivity contribution in [2.75, 3.05) is 6.61 Å². The first-order valence-corrected chi connectivity index (χ1v) is 5.57. The van der Waals surface area contributed by atoms with E-state index in [1.54, 1.807) is 31.5 Å². The summed E-state index contributed by atoms with van der Waals surface area (Å²) in [7, 11) is 0. The maximum atomic E-state index is 11.4. The van der Waals surface area contributed by atoms with Crippen LogP contribution in [0.2, 0.25) is 0 Å². The van der Waals surface area contributed by atoms with E-state index in [2.05, 4.69) is 10.3 Å². The number of nitrogens with one attached hydrogen (secondary N) is 1. The Morgan fingerprint density at radius 1 is 1.53 bits per heavy atom. The SMILES string of the molecule is CCC(CO)NC(C)(C(=O)O)c1ccncc1. The summed E-state index contributed by atoms with van der Waals surface area (Å²) in [5.74, 6) is -0.976. The quantitative estimate of drug-likeness (QED) is 0.681. The Labute approximate surface area is 101 Å². The van der Waals surface area contributed by atoms with Gasteiger partial charge in [-0.3, -0.25) is 10.3 Å². The number of pyridine rings is 1. The molecular weight excluding hydrogens is 220 g/mol. The van der Waals surface area contributed by atoms with Gasteiger partial charge < -0.3 is 10.2 Å². The Balaban J connectivity index is 3.02. The van der Waals surface area contributed by atoms with Crippen LogP contribution < -0.4 is 5.32 Å². The van der Waals surface area contributed by atoms with Gasteiger partial charge >= 0.3 is 5.97 Å². The first-order chi connectivity index (χ1) is 8.04. The number of hydrogen-bond acceptors (Lipinski definition) is 4. The van der Waals surface area contributed by atoms with Gasteiger partial charge in [0.15, 0.2) is 0 Å². The summed E-state index contributed by atoms with van der Waals surface area (Å²) >= 11 is 0. The van der Waals surface area contributed by atoms with Crippen molar-refractivity contribution in [3.63, 3.8) is 0 Å². The molecule has 1 rings (SSSR count). The molecule has 0 radical (unpaired) electrons. The number of aliphatic carboxylic acids is 1. The van der Waals surface area contributed by atoms with Crippen LogP contribution >= 0.6 is 0 Å². The van der Waals surface area contributed by atoms with Crippen LogP contribution in [0, 0.1) is 0 Å². The molecule has 0 fully saturated rings. The molecule has 5 nitrogen and oxygen atoms in total. The molecule has 0 aromatic carbocycles. The van der Waals surface area contributed by atoms with Gasteiger partial charge in [0, 0.05) is 18.4 Å². The van der Waals surface area contributed by atoms with E-state index in [4.69, 9.17) is 5.11 Å². The lowest BCUT2D eigenvalue weighted by Gasteiger charge is -2.30. The number of nitrogens with zero attached hydrogens (tertiary/aromatic N) is 1. The number of rotatable bonds is 6. The standard InChI is InChI=1S/C12H18N2O3/c1-3-10(8-15)14-12(2,11(16)17)9-4-6-13-7-5-9/h4-7,10,14-15H,3,8H2,1-2H3,(H,16,17). The molecule has 1 aromatic rings. The number of aliphatic hydroxyl groups excluding tert-OH is 1. The van der Waals surface area contributed by atoms with Crippen LogP contribution in [0.4, 0.5) is 0 Å². The minimum absolute atomic E-state index is 0.0928. The minimum Gasteiger partial charge on any atom is -0.480 e. The van der Waals surface area contributed by atoms with Gasteiger partial charge in [-0.15, -0.1) is 0 Å². The largest absolute Gasteiger partial charge is 0.480 e. The number of aromatic nitrogens is 1. The fraction of sp³-hybridized carbons (Fsp3) is 0.500. The second kappa shape index (κ2) is 5.75. The van der Waals surface area contributed by atoms with Gasteiger partial charge in [-0.2, -0.15) is 0 Å². The minimum atomic E-state index is -1.22. The van der Waals surface area contributed by atoms with Crippen molar-refractivity contribution in [1.29, 1.82) is 0 Å². The van der Waals surface area contributed by atoms with Crippen LogP contribution in [0.25, 0.3) is 0 Å². The zero-order valence-corrected chi connectivity index (χ0v) is 10.1. The summed E-state index contributed by atoms with van der Waals surface area (Å²) < 4.78 is 0. The zero-order valence-electron chi connectivity index (χ0n) is 10.1. The summed E-state index contributed by atoms with van der Waals surface area (Å²) in [4.78, 5) is 15.3. The van der Waals surface area contributed by atoms with Gasteiger partial charge in [0.1, 0.15) is 5.54 Å². The van der Waals surface area contributed by atoms with E-state index < -0.39 is 11.5 Å². The molecule has 0 aliphatic carbocycles. The first kappa shape index (κ1) is 13.6. The maximum absolute atomic E-state index is 11.4. The van der Waals surface area contributed by atoms with Crippen molar-refractivity contribution in [3.05, 3.63) is 30.1 Å². The second-order valence-corrected chi connectivity index (χ2v) is 4.10. The summed E-state index contributed by atoms with van der Waals surface area (Å²) in [6, 6.07) is 3.07. The number of carbonyl (C=O) groups is 1. The van der Waals surface area contributed by atoms with Gasteiger partial charge in [0.05, 0.1) is 6.61 Å². The van der Waals surface area contributed by atoms with Gasteiger partial charge in [-0.1, -0.05) is 6.92 Å². The highest BCUT2D eigenvalue weighted by molar-refractivity contribution is 5.80. The van der Waals surface area contributed by atoms with Crippen LogP contribution in [-0.4, -0.2) is 33.8 Å². The number of carboxylic acid groups (broad SMARTS) is 1. The van der Waals surface area contributed by atoms with Crippen LogP contribution in [-0.2, 0) is 10.3 Å². The Morgan fingerprint density at radius 3 is 2.53 bits per heavy atom. The lowest BCUT2D eigenvalue weighted by atomic mass is 9.91. The maximum Gasteiger partial charge on any atom is 0.328 e. The molecule has 0 bridgehead atoms. The van der Waals surface area contributed by atoms with Crippen molar-refractivity contribution >= 4 is 5.97 Å². The lowest BCUT2D eigenvalue weighted by molar-refractivity contribution is -0.145. The molecule has 17 heavy (non-hydrogen) atoms. The van der Waals surface area contributed by atoms with Crippen molar-refractivity contribution in [2.24, 2.45) is 0 Å². The molecule has 0 saturated carbocycles. The normalized spacial score (nSPS) is 16.2. The Morgan fingerprint density at radius 2 is 2.12 bits per heavy atom. The van der Waals surface area contributed by atoms with Gasteiger partial charge in [0.2, 0.25) is 0 Å². The average molecular weight is 238 g/mol. The van der Waals surface area contributed by atoms with Crippen LogP contribution in [0.3, 0.4) is 0 Å². The Kier molecular flexibility index (Phi) is 4.60. The van der Waals surface area contributed by atoms with E-state index in [0.717, 1.165) is 0 Å². The molecule has 1 heterocycles. The van der Waals surface area contributed by atoms with Gasteiger partial charge in [0.25, 0.3) is 0 Å². The number of aliphatic hydroxyl groups is 1. The van der Waals surface area contributed by atoms with Crippen molar-refractivity contribution in [2.45, 2.75) is 31.8 Å². The predicted molar refractivity (Wildman–Crippen MR) is 63.5 cm³/mol. The number of carboxylic acids is 1. The molecule has 0 amide bonds. The Hall–Kier alpha value is -1.46. The van der Waals surface area contributed by atoms with Gasteiger partial charge in [-0.05, 0) is 31.0 Å². The molecule has 0 spiro atoms. The van der Waals surface area contributed by atoms with E-state index in [0.29, 0.717) is 12.0 Å². The third kappa shape index (κ3) is 3.01. The summed E-state index contributed by atoms with van der Waals surface area (Å²) in [6.07, 6.45) is 3.76. The topological polar surface area (TPSA) is 82.5 Å². The summed E-state index contributed by atoms with van der Waals surface area (Å²) in [6.45, 7) is 3.39. The molecule has 94 valence electrons. The number of hydrogen-bond donors (Lipinski definition) is 3. The molecule has 5 heteroatoms. The Bertz CT molecular complexity index is 365.